The van der Waals surface area contributed by atoms with E-state index in [-0.39, 0.29) is 18.1 Å². The molecule has 1 aliphatic carbocycles. The van der Waals surface area contributed by atoms with Crippen molar-refractivity contribution in [2.75, 3.05) is 13.2 Å². The lowest BCUT2D eigenvalue weighted by Gasteiger charge is -2.37. The van der Waals surface area contributed by atoms with E-state index < -0.39 is 0 Å². The molecule has 1 saturated carbocycles. The summed E-state index contributed by atoms with van der Waals surface area (Å²) in [6, 6.07) is 10.0. The van der Waals surface area contributed by atoms with Gasteiger partial charge in [-0.05, 0) is 38.3 Å². The number of benzene rings is 1. The minimum absolute atomic E-state index is 0.131. The van der Waals surface area contributed by atoms with Gasteiger partial charge in [0, 0.05) is 12.1 Å². The molecule has 4 rings (SSSR count). The number of hydrogen-bond acceptors (Lipinski definition) is 4. The number of morpholine rings is 1. The van der Waals surface area contributed by atoms with Crippen LogP contribution in [0.1, 0.15) is 30.7 Å². The molecule has 2 unspecified atom stereocenters. The number of carbonyl (C=O) groups is 1. The molecule has 0 spiro atoms. The van der Waals surface area contributed by atoms with E-state index in [4.69, 9.17) is 9.15 Å². The van der Waals surface area contributed by atoms with Crippen LogP contribution in [-0.4, -0.2) is 41.1 Å². The van der Waals surface area contributed by atoms with Crippen molar-refractivity contribution in [1.82, 2.24) is 9.88 Å². The molecule has 24 heavy (non-hydrogen) atoms. The molecular weight excluding hydrogens is 304 g/mol. The van der Waals surface area contributed by atoms with Gasteiger partial charge in [0.25, 0.3) is 0 Å². The van der Waals surface area contributed by atoms with E-state index in [1.165, 1.54) is 0 Å². The van der Waals surface area contributed by atoms with E-state index in [1.54, 1.807) is 0 Å². The van der Waals surface area contributed by atoms with Crippen LogP contribution in [0.3, 0.4) is 0 Å². The van der Waals surface area contributed by atoms with E-state index in [0.29, 0.717) is 25.5 Å². The number of fused-ring (bicyclic) bond motifs is 1. The number of nitrogens with zero attached hydrogens (tertiary/aromatic N) is 2. The second-order valence-electron chi connectivity index (χ2n) is 6.56. The van der Waals surface area contributed by atoms with Crippen molar-refractivity contribution in [3.63, 3.8) is 0 Å². The zero-order chi connectivity index (χ0) is 16.5. The van der Waals surface area contributed by atoms with Crippen LogP contribution in [0.5, 0.6) is 0 Å². The first-order chi connectivity index (χ1) is 11.7. The average molecular weight is 326 g/mol. The third-order valence-corrected chi connectivity index (χ3v) is 5.03. The topological polar surface area (TPSA) is 55.6 Å². The first kappa shape index (κ1) is 15.4. The maximum atomic E-state index is 12.8. The van der Waals surface area contributed by atoms with Crippen LogP contribution in [0, 0.1) is 6.92 Å². The Morgan fingerprint density at radius 2 is 2.12 bits per heavy atom. The predicted molar refractivity (Wildman–Crippen MR) is 89.5 cm³/mol. The summed E-state index contributed by atoms with van der Waals surface area (Å²) in [4.78, 5) is 19.3. The molecule has 0 N–H and O–H groups in total. The molecule has 0 bridgehead atoms. The van der Waals surface area contributed by atoms with Crippen LogP contribution >= 0.6 is 0 Å². The average Bonchev–Trinajstić information content (AvgIpc) is 3.22. The number of hydrogen-bond donors (Lipinski definition) is 0. The lowest BCUT2D eigenvalue weighted by molar-refractivity contribution is -0.143. The molecule has 5 nitrogen and oxygen atoms in total. The van der Waals surface area contributed by atoms with Crippen molar-refractivity contribution in [1.29, 1.82) is 0 Å². The molecule has 2 aromatic rings. The highest BCUT2D eigenvalue weighted by Gasteiger charge is 2.38. The quantitative estimate of drug-likeness (QED) is 0.870. The van der Waals surface area contributed by atoms with Crippen molar-refractivity contribution in [3.8, 4) is 11.5 Å². The molecule has 2 heterocycles. The minimum atomic E-state index is 0.131. The third-order valence-electron chi connectivity index (χ3n) is 5.03. The lowest BCUT2D eigenvalue weighted by atomic mass is 10.1. The summed E-state index contributed by atoms with van der Waals surface area (Å²) >= 11 is 0. The van der Waals surface area contributed by atoms with Crippen LogP contribution in [-0.2, 0) is 16.0 Å². The van der Waals surface area contributed by atoms with Crippen LogP contribution in [0.2, 0.25) is 0 Å². The van der Waals surface area contributed by atoms with Gasteiger partial charge in [0.1, 0.15) is 5.76 Å². The maximum absolute atomic E-state index is 12.8. The summed E-state index contributed by atoms with van der Waals surface area (Å²) in [5.74, 6) is 1.43. The number of rotatable bonds is 3. The summed E-state index contributed by atoms with van der Waals surface area (Å²) in [5, 5.41) is 0. The summed E-state index contributed by atoms with van der Waals surface area (Å²) in [5.41, 5.74) is 1.67. The number of ether oxygens (including phenoxy) is 1. The Labute approximate surface area is 141 Å². The largest absolute Gasteiger partial charge is 0.441 e. The zero-order valence-corrected chi connectivity index (χ0v) is 13.9. The van der Waals surface area contributed by atoms with Gasteiger partial charge in [-0.2, -0.15) is 0 Å². The SMILES string of the molecule is Cc1oc(-c2ccccc2)nc1CC(=O)N1CCOC2CCCC21. The number of amides is 1. The Bertz CT molecular complexity index is 725. The monoisotopic (exact) mass is 326 g/mol. The van der Waals surface area contributed by atoms with Crippen molar-refractivity contribution >= 4 is 5.91 Å². The summed E-state index contributed by atoms with van der Waals surface area (Å²) in [6.45, 7) is 3.20. The maximum Gasteiger partial charge on any atom is 0.229 e. The Hall–Kier alpha value is -2.14. The molecule has 1 amide bonds. The van der Waals surface area contributed by atoms with E-state index >= 15 is 0 Å². The highest BCUT2D eigenvalue weighted by atomic mass is 16.5. The minimum Gasteiger partial charge on any atom is -0.441 e. The van der Waals surface area contributed by atoms with Gasteiger partial charge in [0.2, 0.25) is 11.8 Å². The number of aryl methyl sites for hydroxylation is 1. The van der Waals surface area contributed by atoms with Gasteiger partial charge in [0.15, 0.2) is 0 Å². The van der Waals surface area contributed by atoms with Crippen LogP contribution < -0.4 is 0 Å². The molecule has 1 saturated heterocycles. The molecule has 1 aromatic heterocycles. The van der Waals surface area contributed by atoms with Gasteiger partial charge in [-0.3, -0.25) is 4.79 Å². The van der Waals surface area contributed by atoms with Crippen LogP contribution in [0.15, 0.2) is 34.7 Å². The van der Waals surface area contributed by atoms with Gasteiger partial charge in [-0.25, -0.2) is 4.98 Å². The van der Waals surface area contributed by atoms with E-state index in [0.717, 1.165) is 36.3 Å². The van der Waals surface area contributed by atoms with E-state index in [1.807, 2.05) is 42.2 Å². The third kappa shape index (κ3) is 2.84. The Kier molecular flexibility index (Phi) is 4.10. The van der Waals surface area contributed by atoms with Crippen LogP contribution in [0.25, 0.3) is 11.5 Å². The van der Waals surface area contributed by atoms with Gasteiger partial charge < -0.3 is 14.1 Å². The van der Waals surface area contributed by atoms with Crippen LogP contribution in [0.4, 0.5) is 0 Å². The fourth-order valence-corrected chi connectivity index (χ4v) is 3.78. The molecule has 126 valence electrons. The number of carbonyl (C=O) groups excluding carboxylic acids is 1. The zero-order valence-electron chi connectivity index (χ0n) is 13.9. The highest BCUT2D eigenvalue weighted by Crippen LogP contribution is 2.30. The molecule has 1 aromatic carbocycles. The van der Waals surface area contributed by atoms with Gasteiger partial charge >= 0.3 is 0 Å². The molecule has 2 fully saturated rings. The second kappa shape index (κ2) is 6.40. The highest BCUT2D eigenvalue weighted by molar-refractivity contribution is 5.79. The van der Waals surface area contributed by atoms with Crippen molar-refractivity contribution < 1.29 is 13.9 Å². The molecule has 0 radical (unpaired) electrons. The Balaban J connectivity index is 1.51. The van der Waals surface area contributed by atoms with Gasteiger partial charge in [-0.15, -0.1) is 0 Å². The standard InChI is InChI=1S/C19H22N2O3/c1-13-15(20-19(24-13)14-6-3-2-4-7-14)12-18(22)21-10-11-23-17-9-5-8-16(17)21/h2-4,6-7,16-17H,5,8-12H2,1H3. The first-order valence-electron chi connectivity index (χ1n) is 8.65. The molecule has 2 atom stereocenters. The smallest absolute Gasteiger partial charge is 0.229 e. The van der Waals surface area contributed by atoms with Crippen molar-refractivity contribution in [3.05, 3.63) is 41.8 Å². The Morgan fingerprint density at radius 1 is 1.29 bits per heavy atom. The Morgan fingerprint density at radius 3 is 2.96 bits per heavy atom. The predicted octanol–water partition coefficient (Wildman–Crippen LogP) is 2.97. The fraction of sp³-hybridized carbons (Fsp3) is 0.474. The number of aromatic nitrogens is 1. The summed E-state index contributed by atoms with van der Waals surface area (Å²) < 4.78 is 11.6. The van der Waals surface area contributed by atoms with E-state index in [9.17, 15) is 4.79 Å². The van der Waals surface area contributed by atoms with Gasteiger partial charge in [0.05, 0.1) is 30.9 Å². The molecule has 2 aliphatic rings. The summed E-state index contributed by atoms with van der Waals surface area (Å²) in [7, 11) is 0. The summed E-state index contributed by atoms with van der Waals surface area (Å²) in [6.07, 6.45) is 3.77. The number of oxazole rings is 1. The van der Waals surface area contributed by atoms with Crippen molar-refractivity contribution in [2.45, 2.75) is 44.8 Å². The molecule has 5 heteroatoms. The lowest BCUT2D eigenvalue weighted by Crippen LogP contribution is -2.51. The van der Waals surface area contributed by atoms with Gasteiger partial charge in [-0.1, -0.05) is 18.2 Å². The molecule has 1 aliphatic heterocycles. The first-order valence-corrected chi connectivity index (χ1v) is 8.65. The fourth-order valence-electron chi connectivity index (χ4n) is 3.78. The second-order valence-corrected chi connectivity index (χ2v) is 6.56. The normalized spacial score (nSPS) is 23.3. The van der Waals surface area contributed by atoms with E-state index in [2.05, 4.69) is 4.98 Å². The molecular formula is C19H22N2O3. The van der Waals surface area contributed by atoms with Crippen molar-refractivity contribution in [2.24, 2.45) is 0 Å².